The number of methoxy groups -OCH3 is 1. The van der Waals surface area contributed by atoms with E-state index in [2.05, 4.69) is 48.3 Å². The van der Waals surface area contributed by atoms with Crippen LogP contribution in [0.3, 0.4) is 0 Å². The molecule has 0 unspecified atom stereocenters. The van der Waals surface area contributed by atoms with Crippen molar-refractivity contribution in [1.29, 1.82) is 0 Å². The third kappa shape index (κ3) is 9.43. The van der Waals surface area contributed by atoms with Crippen LogP contribution in [0.4, 0.5) is 11.9 Å². The molecule has 0 atom stereocenters. The van der Waals surface area contributed by atoms with Gasteiger partial charge in [-0.25, -0.2) is 9.97 Å². The van der Waals surface area contributed by atoms with Gasteiger partial charge in [-0.2, -0.15) is 10.2 Å². The summed E-state index contributed by atoms with van der Waals surface area (Å²) in [4.78, 5) is 64.0. The van der Waals surface area contributed by atoms with Gasteiger partial charge in [0.25, 0.3) is 11.8 Å². The molecule has 0 saturated carbocycles. The van der Waals surface area contributed by atoms with E-state index in [1.165, 1.54) is 19.2 Å². The molecule has 6 N–H and O–H groups in total. The summed E-state index contributed by atoms with van der Waals surface area (Å²) in [6, 6.07) is 9.59. The number of benzene rings is 2. The number of morpholine rings is 1. The second-order valence-electron chi connectivity index (χ2n) is 14.4. The first kappa shape index (κ1) is 43.7. The first-order valence-electron chi connectivity index (χ1n) is 20.1. The van der Waals surface area contributed by atoms with Crippen LogP contribution in [0.1, 0.15) is 67.7 Å². The van der Waals surface area contributed by atoms with Gasteiger partial charge in [0.05, 0.1) is 43.7 Å². The van der Waals surface area contributed by atoms with Crippen molar-refractivity contribution in [1.82, 2.24) is 43.6 Å². The average molecular weight is 962 g/mol. The van der Waals surface area contributed by atoms with Crippen LogP contribution >= 0.6 is 22.6 Å². The van der Waals surface area contributed by atoms with Gasteiger partial charge in [0, 0.05) is 63.0 Å². The molecule has 0 radical (unpaired) electrons. The molecule has 1 saturated heterocycles. The molecule has 21 heteroatoms. The summed E-state index contributed by atoms with van der Waals surface area (Å²) in [5, 5.41) is 14.7. The number of nitrogens with zero attached hydrogens (tertiary/aromatic N) is 9. The summed E-state index contributed by atoms with van der Waals surface area (Å²) in [6.45, 7) is 11.1. The molecule has 0 spiro atoms. The number of carbonyl (C=O) groups is 4. The fourth-order valence-corrected chi connectivity index (χ4v) is 7.88. The summed E-state index contributed by atoms with van der Waals surface area (Å²) in [5.41, 5.74) is 15.0. The van der Waals surface area contributed by atoms with Gasteiger partial charge < -0.3 is 34.8 Å². The number of anilines is 2. The van der Waals surface area contributed by atoms with E-state index in [0.717, 1.165) is 19.6 Å². The van der Waals surface area contributed by atoms with Crippen molar-refractivity contribution in [2.75, 3.05) is 57.2 Å². The lowest BCUT2D eigenvalue weighted by Crippen LogP contribution is -2.37. The van der Waals surface area contributed by atoms with E-state index in [0.29, 0.717) is 93.7 Å². The molecular formula is C41H48IN13O7. The first-order chi connectivity index (χ1) is 29.9. The van der Waals surface area contributed by atoms with Gasteiger partial charge in [-0.05, 0) is 80.1 Å². The summed E-state index contributed by atoms with van der Waals surface area (Å²) in [7, 11) is 1.47. The summed E-state index contributed by atoms with van der Waals surface area (Å²) >= 11 is 2.06. The molecule has 6 aromatic rings. The molecule has 62 heavy (non-hydrogen) atoms. The molecule has 1 aliphatic rings. The third-order valence-corrected chi connectivity index (χ3v) is 10.8. The topological polar surface area (TPSA) is 247 Å². The predicted molar refractivity (Wildman–Crippen MR) is 239 cm³/mol. The number of halogens is 1. The maximum Gasteiger partial charge on any atom is 0.276 e. The zero-order chi connectivity index (χ0) is 44.1. The highest BCUT2D eigenvalue weighted by Crippen LogP contribution is 2.33. The smallest absolute Gasteiger partial charge is 0.276 e. The number of nitrogens with two attached hydrogens (primary N) is 2. The van der Waals surface area contributed by atoms with Crippen LogP contribution in [0, 0.1) is 10.6 Å². The van der Waals surface area contributed by atoms with Gasteiger partial charge in [0.2, 0.25) is 23.7 Å². The number of amides is 4. The Bertz CT molecular complexity index is 2690. The number of nitrogens with one attached hydrogen (secondary N) is 2. The van der Waals surface area contributed by atoms with Crippen molar-refractivity contribution in [3.05, 3.63) is 80.5 Å². The highest BCUT2D eigenvalue weighted by Gasteiger charge is 2.24. The van der Waals surface area contributed by atoms with Crippen LogP contribution in [0.15, 0.2) is 48.6 Å². The predicted octanol–water partition coefficient (Wildman–Crippen LogP) is 3.80. The van der Waals surface area contributed by atoms with E-state index >= 15 is 0 Å². The molecule has 20 nitrogen and oxygen atoms in total. The van der Waals surface area contributed by atoms with Gasteiger partial charge in [-0.1, -0.05) is 12.2 Å². The summed E-state index contributed by atoms with van der Waals surface area (Å²) < 4.78 is 24.9. The minimum atomic E-state index is -0.666. The Morgan fingerprint density at radius 3 is 1.87 bits per heavy atom. The molecule has 4 aromatic heterocycles. The molecule has 1 fully saturated rings. The number of imidazole rings is 2. The molecule has 7 rings (SSSR count). The zero-order valence-corrected chi connectivity index (χ0v) is 37.0. The van der Waals surface area contributed by atoms with E-state index in [9.17, 15) is 19.2 Å². The van der Waals surface area contributed by atoms with E-state index in [1.807, 2.05) is 26.0 Å². The van der Waals surface area contributed by atoms with Crippen molar-refractivity contribution in [3.63, 3.8) is 0 Å². The van der Waals surface area contributed by atoms with Gasteiger partial charge in [0.1, 0.15) is 37.6 Å². The van der Waals surface area contributed by atoms with Crippen molar-refractivity contribution >= 4 is 80.2 Å². The highest BCUT2D eigenvalue weighted by molar-refractivity contribution is 14.1. The SMILES string of the molecule is CCn1nc(C)cc1C(=O)Nc1nc2cc(C(N)=O)cc(OC)c2n1C/C=C/Cn1c(NC(=O)c2cc(I)nn2CC)nc2cc(C(N)=O)cc(OCCCN3CCOCC3)c21. The lowest BCUT2D eigenvalue weighted by Gasteiger charge is -2.26. The molecule has 1 aliphatic heterocycles. The van der Waals surface area contributed by atoms with Crippen molar-refractivity contribution in [2.24, 2.45) is 11.5 Å². The van der Waals surface area contributed by atoms with Gasteiger partial charge in [0.15, 0.2) is 0 Å². The minimum Gasteiger partial charge on any atom is -0.494 e. The van der Waals surface area contributed by atoms with E-state index in [4.69, 9.17) is 35.6 Å². The number of primary amides is 2. The molecule has 2 aromatic carbocycles. The fourth-order valence-electron chi connectivity index (χ4n) is 7.32. The number of hydrogen-bond donors (Lipinski definition) is 4. The van der Waals surface area contributed by atoms with Gasteiger partial charge in [-0.15, -0.1) is 0 Å². The average Bonchev–Trinajstić information content (AvgIpc) is 4.03. The third-order valence-electron chi connectivity index (χ3n) is 10.3. The Kier molecular flexibility index (Phi) is 13.5. The highest BCUT2D eigenvalue weighted by atomic mass is 127. The Balaban J connectivity index is 1.25. The summed E-state index contributed by atoms with van der Waals surface area (Å²) in [6.07, 6.45) is 4.42. The molecule has 0 bridgehead atoms. The quantitative estimate of drug-likeness (QED) is 0.0546. The van der Waals surface area contributed by atoms with E-state index in [1.54, 1.807) is 49.7 Å². The maximum atomic E-state index is 13.8. The minimum absolute atomic E-state index is 0.170. The van der Waals surface area contributed by atoms with Crippen LogP contribution in [-0.2, 0) is 30.9 Å². The molecule has 326 valence electrons. The van der Waals surface area contributed by atoms with Gasteiger partial charge >= 0.3 is 0 Å². The van der Waals surface area contributed by atoms with Crippen LogP contribution in [0.25, 0.3) is 22.1 Å². The van der Waals surface area contributed by atoms with E-state index in [-0.39, 0.29) is 36.1 Å². The fraction of sp³-hybridized carbons (Fsp3) is 0.366. The Morgan fingerprint density at radius 2 is 1.32 bits per heavy atom. The maximum absolute atomic E-state index is 13.8. The number of ether oxygens (including phenoxy) is 3. The lowest BCUT2D eigenvalue weighted by molar-refractivity contribution is 0.0358. The second-order valence-corrected chi connectivity index (χ2v) is 15.5. The Labute approximate surface area is 369 Å². The number of hydrogen-bond acceptors (Lipinski definition) is 12. The molecule has 4 amide bonds. The number of fused-ring (bicyclic) bond motifs is 2. The second kappa shape index (κ2) is 19.2. The van der Waals surface area contributed by atoms with Crippen LogP contribution < -0.4 is 31.6 Å². The number of allylic oxidation sites excluding steroid dienone is 2. The molecule has 0 aliphatic carbocycles. The Hall–Kier alpha value is -6.33. The van der Waals surface area contributed by atoms with Crippen molar-refractivity contribution in [3.8, 4) is 11.5 Å². The van der Waals surface area contributed by atoms with E-state index < -0.39 is 23.6 Å². The van der Waals surface area contributed by atoms with Crippen LogP contribution in [-0.4, -0.2) is 114 Å². The van der Waals surface area contributed by atoms with Crippen LogP contribution in [0.5, 0.6) is 11.5 Å². The first-order valence-corrected chi connectivity index (χ1v) is 21.2. The zero-order valence-electron chi connectivity index (χ0n) is 34.8. The standard InChI is InChI=1S/C41H48IN13O7/c1-5-54-29(18-24(3)49-54)38(58)47-40-45-27-19-25(36(43)56)21-31(60-4)34(27)52(40)11-7-8-12-53-35-28(46-41(53)48-39(59)30-23-33(42)50-55(30)6-2)20-26(37(44)57)22-32(35)62-15-9-10-51-13-16-61-17-14-51/h7-8,18-23H,5-6,9-17H2,1-4H3,(H2,43,56)(H2,44,57)(H,45,47,58)(H,46,48,59)/b8-7+. The number of aryl methyl sites for hydroxylation is 3. The van der Waals surface area contributed by atoms with Gasteiger partial charge in [-0.3, -0.25) is 44.1 Å². The molecule has 5 heterocycles. The van der Waals surface area contributed by atoms with Crippen molar-refractivity contribution < 1.29 is 33.4 Å². The van der Waals surface area contributed by atoms with Crippen molar-refractivity contribution in [2.45, 2.75) is 53.4 Å². The summed E-state index contributed by atoms with van der Waals surface area (Å²) in [5.74, 6) is -1.12. The number of aromatic nitrogens is 8. The Morgan fingerprint density at radius 1 is 0.790 bits per heavy atom. The number of carbonyl (C=O) groups excluding carboxylic acids is 4. The van der Waals surface area contributed by atoms with Crippen LogP contribution in [0.2, 0.25) is 0 Å². The largest absolute Gasteiger partial charge is 0.494 e. The molecular weight excluding hydrogens is 913 g/mol. The lowest BCUT2D eigenvalue weighted by atomic mass is 10.1. The normalized spacial score (nSPS) is 13.3. The monoisotopic (exact) mass is 961 g/mol. The number of rotatable bonds is 18.